The molecule has 1 saturated heterocycles. The molecule has 0 saturated carbocycles. The van der Waals surface area contributed by atoms with E-state index in [1.807, 2.05) is 18.2 Å². The number of halogens is 3. The van der Waals surface area contributed by atoms with E-state index in [9.17, 15) is 4.79 Å². The second-order valence-corrected chi connectivity index (χ2v) is 6.41. The van der Waals surface area contributed by atoms with Crippen molar-refractivity contribution in [2.45, 2.75) is 13.3 Å². The first kappa shape index (κ1) is 20.8. The molecular weight excluding hydrogens is 373 g/mol. The number of oxazole rings is 1. The quantitative estimate of drug-likeness (QED) is 0.865. The molecule has 0 spiro atoms. The highest BCUT2D eigenvalue weighted by Crippen LogP contribution is 2.33. The Balaban J connectivity index is 0.00000144. The van der Waals surface area contributed by atoms with Gasteiger partial charge < -0.3 is 15.1 Å². The van der Waals surface area contributed by atoms with Gasteiger partial charge in [0.05, 0.1) is 5.02 Å². The summed E-state index contributed by atoms with van der Waals surface area (Å²) in [5, 5.41) is 0.529. The van der Waals surface area contributed by atoms with E-state index in [4.69, 9.17) is 21.8 Å². The molecule has 0 radical (unpaired) electrons. The van der Waals surface area contributed by atoms with Crippen LogP contribution in [0.5, 0.6) is 0 Å². The smallest absolute Gasteiger partial charge is 0.276 e. The summed E-state index contributed by atoms with van der Waals surface area (Å²) in [6, 6.07) is 7.25. The third-order valence-corrected chi connectivity index (χ3v) is 4.56. The lowest BCUT2D eigenvalue weighted by Crippen LogP contribution is -2.34. The monoisotopic (exact) mass is 391 g/mol. The second-order valence-electron chi connectivity index (χ2n) is 6.00. The van der Waals surface area contributed by atoms with Gasteiger partial charge in [0.1, 0.15) is 0 Å². The predicted octanol–water partition coefficient (Wildman–Crippen LogP) is 3.65. The largest absolute Gasteiger partial charge is 0.443 e. The van der Waals surface area contributed by atoms with E-state index < -0.39 is 0 Å². The molecule has 5 nitrogen and oxygen atoms in total. The highest BCUT2D eigenvalue weighted by atomic mass is 35.5. The molecule has 2 N–H and O–H groups in total. The zero-order valence-corrected chi connectivity index (χ0v) is 15.6. The molecule has 2 heterocycles. The highest BCUT2D eigenvalue weighted by Gasteiger charge is 2.37. The van der Waals surface area contributed by atoms with Gasteiger partial charge in [-0.3, -0.25) is 4.79 Å². The van der Waals surface area contributed by atoms with Gasteiger partial charge >= 0.3 is 0 Å². The van der Waals surface area contributed by atoms with Gasteiger partial charge in [0.25, 0.3) is 5.91 Å². The van der Waals surface area contributed by atoms with Crippen molar-refractivity contribution < 1.29 is 9.21 Å². The van der Waals surface area contributed by atoms with Crippen molar-refractivity contribution in [3.8, 4) is 11.3 Å². The Hall–Kier alpha value is -1.27. The van der Waals surface area contributed by atoms with Crippen LogP contribution in [0.25, 0.3) is 11.3 Å². The number of rotatable bonds is 3. The van der Waals surface area contributed by atoms with E-state index in [1.165, 1.54) is 6.39 Å². The first-order valence-corrected chi connectivity index (χ1v) is 7.60. The standard InChI is InChI=1S/C16H18ClN3O2.2ClH/c1-16(8-18)6-7-20(9-16)15(21)13-14(22-10-19-13)11-4-2-3-5-12(11)17;;/h2-5,10H,6-9,18H2,1H3;2*1H. The average Bonchev–Trinajstić information content (AvgIpc) is 3.14. The van der Waals surface area contributed by atoms with Gasteiger partial charge in [0.2, 0.25) is 0 Å². The Morgan fingerprint density at radius 3 is 2.75 bits per heavy atom. The number of carbonyl (C=O) groups excluding carboxylic acids is 1. The number of hydrogen-bond acceptors (Lipinski definition) is 4. The van der Waals surface area contributed by atoms with Crippen LogP contribution >= 0.6 is 36.4 Å². The third-order valence-electron chi connectivity index (χ3n) is 4.23. The summed E-state index contributed by atoms with van der Waals surface area (Å²) in [4.78, 5) is 18.6. The fraction of sp³-hybridized carbons (Fsp3) is 0.375. The number of hydrogen-bond donors (Lipinski definition) is 1. The van der Waals surface area contributed by atoms with Crippen molar-refractivity contribution in [1.29, 1.82) is 0 Å². The normalized spacial score (nSPS) is 19.5. The molecule has 1 aliphatic rings. The Morgan fingerprint density at radius 2 is 2.12 bits per heavy atom. The van der Waals surface area contributed by atoms with Crippen LogP contribution in [0.4, 0.5) is 0 Å². The lowest BCUT2D eigenvalue weighted by atomic mass is 9.90. The van der Waals surface area contributed by atoms with Crippen molar-refractivity contribution >= 4 is 42.3 Å². The van der Waals surface area contributed by atoms with E-state index in [-0.39, 0.29) is 36.1 Å². The van der Waals surface area contributed by atoms with Gasteiger partial charge in [0.15, 0.2) is 17.8 Å². The molecule has 1 aromatic carbocycles. The van der Waals surface area contributed by atoms with Crippen molar-refractivity contribution in [2.75, 3.05) is 19.6 Å². The Kier molecular flexibility index (Phi) is 7.10. The molecule has 1 unspecified atom stereocenters. The van der Waals surface area contributed by atoms with Crippen molar-refractivity contribution in [3.05, 3.63) is 41.4 Å². The Morgan fingerprint density at radius 1 is 1.42 bits per heavy atom. The fourth-order valence-corrected chi connectivity index (χ4v) is 2.97. The molecule has 1 aromatic heterocycles. The molecular formula is C16H20Cl3N3O2. The maximum Gasteiger partial charge on any atom is 0.276 e. The van der Waals surface area contributed by atoms with E-state index in [0.717, 1.165) is 6.42 Å². The van der Waals surface area contributed by atoms with Crippen LogP contribution in [0.3, 0.4) is 0 Å². The van der Waals surface area contributed by atoms with Crippen LogP contribution in [0.15, 0.2) is 35.1 Å². The lowest BCUT2D eigenvalue weighted by molar-refractivity contribution is 0.0772. The summed E-state index contributed by atoms with van der Waals surface area (Å²) >= 11 is 6.19. The van der Waals surface area contributed by atoms with Gasteiger partial charge in [-0.25, -0.2) is 4.98 Å². The van der Waals surface area contributed by atoms with Crippen molar-refractivity contribution in [2.24, 2.45) is 11.1 Å². The van der Waals surface area contributed by atoms with E-state index in [1.54, 1.807) is 11.0 Å². The van der Waals surface area contributed by atoms with Gasteiger partial charge in [-0.2, -0.15) is 0 Å². The van der Waals surface area contributed by atoms with Crippen LogP contribution in [-0.4, -0.2) is 35.4 Å². The molecule has 132 valence electrons. The summed E-state index contributed by atoms with van der Waals surface area (Å²) in [6.45, 7) is 3.98. The summed E-state index contributed by atoms with van der Waals surface area (Å²) in [5.74, 6) is 0.276. The SMILES string of the molecule is CC1(CN)CCN(C(=O)c2ncoc2-c2ccccc2Cl)C1.Cl.Cl. The average molecular weight is 393 g/mol. The first-order valence-electron chi connectivity index (χ1n) is 7.22. The van der Waals surface area contributed by atoms with Crippen LogP contribution in [0.2, 0.25) is 5.02 Å². The van der Waals surface area contributed by atoms with E-state index in [2.05, 4.69) is 11.9 Å². The minimum atomic E-state index is -0.138. The summed E-state index contributed by atoms with van der Waals surface area (Å²) in [6.07, 6.45) is 2.18. The number of aromatic nitrogens is 1. The Bertz CT molecular complexity index is 707. The summed E-state index contributed by atoms with van der Waals surface area (Å²) < 4.78 is 5.42. The molecule has 1 fully saturated rings. The Labute approximate surface area is 158 Å². The topological polar surface area (TPSA) is 72.4 Å². The van der Waals surface area contributed by atoms with Gasteiger partial charge in [-0.15, -0.1) is 24.8 Å². The number of benzene rings is 1. The third kappa shape index (κ3) is 3.86. The predicted molar refractivity (Wildman–Crippen MR) is 99.1 cm³/mol. The molecule has 1 atom stereocenters. The van der Waals surface area contributed by atoms with E-state index in [0.29, 0.717) is 41.7 Å². The van der Waals surface area contributed by atoms with Crippen LogP contribution in [-0.2, 0) is 0 Å². The van der Waals surface area contributed by atoms with Crippen LogP contribution in [0, 0.1) is 5.41 Å². The minimum Gasteiger partial charge on any atom is -0.443 e. The lowest BCUT2D eigenvalue weighted by Gasteiger charge is -2.22. The molecule has 1 amide bonds. The number of likely N-dealkylation sites (tertiary alicyclic amines) is 1. The van der Waals surface area contributed by atoms with Crippen LogP contribution < -0.4 is 5.73 Å². The number of nitrogens with zero attached hydrogens (tertiary/aromatic N) is 2. The zero-order chi connectivity index (χ0) is 15.7. The number of amides is 1. The summed E-state index contributed by atoms with van der Waals surface area (Å²) in [5.41, 5.74) is 6.75. The maximum absolute atomic E-state index is 12.7. The van der Waals surface area contributed by atoms with E-state index >= 15 is 0 Å². The number of nitrogens with two attached hydrogens (primary N) is 1. The first-order chi connectivity index (χ1) is 10.5. The molecule has 1 aliphatic heterocycles. The zero-order valence-electron chi connectivity index (χ0n) is 13.2. The summed E-state index contributed by atoms with van der Waals surface area (Å²) in [7, 11) is 0. The van der Waals surface area contributed by atoms with Crippen molar-refractivity contribution in [3.63, 3.8) is 0 Å². The van der Waals surface area contributed by atoms with Crippen molar-refractivity contribution in [1.82, 2.24) is 9.88 Å². The van der Waals surface area contributed by atoms with Crippen LogP contribution in [0.1, 0.15) is 23.8 Å². The number of carbonyl (C=O) groups is 1. The highest BCUT2D eigenvalue weighted by molar-refractivity contribution is 6.33. The molecule has 3 rings (SSSR count). The molecule has 0 aliphatic carbocycles. The van der Waals surface area contributed by atoms with Gasteiger partial charge in [-0.05, 0) is 30.5 Å². The molecule has 0 bridgehead atoms. The van der Waals surface area contributed by atoms with Gasteiger partial charge in [0, 0.05) is 18.7 Å². The molecule has 8 heteroatoms. The molecule has 24 heavy (non-hydrogen) atoms. The molecule has 2 aromatic rings. The minimum absolute atomic E-state index is 0. The van der Waals surface area contributed by atoms with Gasteiger partial charge in [-0.1, -0.05) is 30.7 Å². The maximum atomic E-state index is 12.7. The fourth-order valence-electron chi connectivity index (χ4n) is 2.75. The second kappa shape index (κ2) is 8.21.